The van der Waals surface area contributed by atoms with Crippen molar-refractivity contribution in [1.82, 2.24) is 5.43 Å². The van der Waals surface area contributed by atoms with E-state index in [0.717, 1.165) is 20.2 Å². The molecule has 168 valence electrons. The number of rotatable bonds is 5. The zero-order valence-electron chi connectivity index (χ0n) is 17.2. The first-order valence-corrected chi connectivity index (χ1v) is 12.4. The normalized spacial score (nSPS) is 11.4. The van der Waals surface area contributed by atoms with Gasteiger partial charge in [0.25, 0.3) is 5.91 Å². The average Bonchev–Trinajstić information content (AvgIpc) is 3.37. The fraction of sp³-hybridized carbons (Fsp3) is 0. The molecule has 5 aromatic rings. The first-order chi connectivity index (χ1) is 16.5. The van der Waals surface area contributed by atoms with Crippen LogP contribution >= 0.6 is 45.9 Å². The summed E-state index contributed by atoms with van der Waals surface area (Å²) in [5.41, 5.74) is 3.00. The van der Waals surface area contributed by atoms with Gasteiger partial charge in [-0.15, -0.1) is 22.7 Å². The third-order valence-corrected chi connectivity index (χ3v) is 8.28. The molecule has 1 N–H and O–H groups in total. The number of ether oxygens (including phenoxy) is 1. The van der Waals surface area contributed by atoms with Crippen molar-refractivity contribution in [3.8, 4) is 5.75 Å². The quantitative estimate of drug-likeness (QED) is 0.113. The fourth-order valence-electron chi connectivity index (χ4n) is 3.34. The van der Waals surface area contributed by atoms with Crippen LogP contribution in [0.15, 0.2) is 77.9 Å². The standard InChI is InChI=1S/C25H14Cl2N2O3S2/c26-20-15-8-2-5-11-18(15)33-22(20)24(30)29-28-13-14-7-1-4-10-17(14)32-25(31)23-21(27)16-9-3-6-12-19(16)34-23/h1-13H,(H,29,30)/b28-13+. The summed E-state index contributed by atoms with van der Waals surface area (Å²) in [6.07, 6.45) is 1.41. The molecule has 2 heterocycles. The molecule has 5 rings (SSSR count). The van der Waals surface area contributed by atoms with Gasteiger partial charge in [0, 0.05) is 25.7 Å². The lowest BCUT2D eigenvalue weighted by atomic mass is 10.2. The van der Waals surface area contributed by atoms with Crippen LogP contribution in [0.3, 0.4) is 0 Å². The van der Waals surface area contributed by atoms with Gasteiger partial charge < -0.3 is 4.74 Å². The highest BCUT2D eigenvalue weighted by atomic mass is 35.5. The van der Waals surface area contributed by atoms with Gasteiger partial charge in [0.15, 0.2) is 0 Å². The number of hydrogen-bond acceptors (Lipinski definition) is 6. The summed E-state index contributed by atoms with van der Waals surface area (Å²) in [7, 11) is 0. The minimum atomic E-state index is -0.562. The number of halogens is 2. The van der Waals surface area contributed by atoms with Crippen molar-refractivity contribution in [2.75, 3.05) is 0 Å². The molecule has 0 radical (unpaired) electrons. The van der Waals surface area contributed by atoms with E-state index in [1.807, 2.05) is 48.5 Å². The van der Waals surface area contributed by atoms with E-state index in [1.54, 1.807) is 24.3 Å². The summed E-state index contributed by atoms with van der Waals surface area (Å²) in [5, 5.41) is 6.41. The highest BCUT2D eigenvalue weighted by Crippen LogP contribution is 2.36. The smallest absolute Gasteiger partial charge is 0.355 e. The Hall–Kier alpha value is -3.23. The second kappa shape index (κ2) is 9.56. The molecule has 0 aliphatic rings. The van der Waals surface area contributed by atoms with Gasteiger partial charge in [-0.2, -0.15) is 5.10 Å². The minimum absolute atomic E-state index is 0.291. The molecule has 3 aromatic carbocycles. The van der Waals surface area contributed by atoms with E-state index < -0.39 is 11.9 Å². The highest BCUT2D eigenvalue weighted by Gasteiger charge is 2.20. The molecule has 0 atom stereocenters. The van der Waals surface area contributed by atoms with Crippen LogP contribution in [0.25, 0.3) is 20.2 Å². The van der Waals surface area contributed by atoms with Gasteiger partial charge in [-0.05, 0) is 24.3 Å². The Bertz CT molecular complexity index is 1590. The van der Waals surface area contributed by atoms with Crippen molar-refractivity contribution in [3.05, 3.63) is 98.2 Å². The average molecular weight is 525 g/mol. The molecule has 0 aliphatic heterocycles. The number of hydrazone groups is 1. The van der Waals surface area contributed by atoms with Crippen molar-refractivity contribution in [1.29, 1.82) is 0 Å². The third-order valence-electron chi connectivity index (χ3n) is 4.95. The Balaban J connectivity index is 1.33. The molecule has 0 fully saturated rings. The lowest BCUT2D eigenvalue weighted by Crippen LogP contribution is -2.16. The number of carbonyl (C=O) groups is 2. The first kappa shape index (κ1) is 22.6. The maximum Gasteiger partial charge on any atom is 0.355 e. The van der Waals surface area contributed by atoms with Crippen molar-refractivity contribution < 1.29 is 14.3 Å². The maximum absolute atomic E-state index is 12.8. The summed E-state index contributed by atoms with van der Waals surface area (Å²) >= 11 is 15.3. The van der Waals surface area contributed by atoms with Crippen molar-refractivity contribution in [3.63, 3.8) is 0 Å². The van der Waals surface area contributed by atoms with Crippen LogP contribution in [0.4, 0.5) is 0 Å². The van der Waals surface area contributed by atoms with Gasteiger partial charge in [-0.3, -0.25) is 4.79 Å². The zero-order chi connectivity index (χ0) is 23.7. The fourth-order valence-corrected chi connectivity index (χ4v) is 6.13. The zero-order valence-corrected chi connectivity index (χ0v) is 20.4. The van der Waals surface area contributed by atoms with Crippen LogP contribution in [0.5, 0.6) is 5.75 Å². The second-order valence-corrected chi connectivity index (χ2v) is 9.97. The van der Waals surface area contributed by atoms with E-state index in [1.165, 1.54) is 28.9 Å². The lowest BCUT2D eigenvalue weighted by molar-refractivity contribution is 0.0739. The predicted molar refractivity (Wildman–Crippen MR) is 140 cm³/mol. The molecule has 2 aromatic heterocycles. The monoisotopic (exact) mass is 524 g/mol. The van der Waals surface area contributed by atoms with Crippen LogP contribution < -0.4 is 10.2 Å². The van der Waals surface area contributed by atoms with E-state index in [2.05, 4.69) is 10.5 Å². The van der Waals surface area contributed by atoms with Gasteiger partial charge in [-0.25, -0.2) is 10.2 Å². The van der Waals surface area contributed by atoms with Crippen LogP contribution in [-0.4, -0.2) is 18.1 Å². The van der Waals surface area contributed by atoms with Gasteiger partial charge in [0.2, 0.25) is 0 Å². The Labute approximate surface area is 212 Å². The maximum atomic E-state index is 12.8. The van der Waals surface area contributed by atoms with Crippen LogP contribution in [0.1, 0.15) is 24.9 Å². The minimum Gasteiger partial charge on any atom is -0.422 e. The van der Waals surface area contributed by atoms with E-state index in [-0.39, 0.29) is 0 Å². The predicted octanol–water partition coefficient (Wildman–Crippen LogP) is 7.41. The van der Waals surface area contributed by atoms with Crippen LogP contribution in [0.2, 0.25) is 10.0 Å². The van der Waals surface area contributed by atoms with Gasteiger partial charge in [0.05, 0.1) is 16.3 Å². The molecule has 5 nitrogen and oxygen atoms in total. The number of para-hydroxylation sites is 1. The Morgan fingerprint density at radius 3 is 2.03 bits per heavy atom. The number of esters is 1. The number of nitrogens with one attached hydrogen (secondary N) is 1. The number of hydrogen-bond donors (Lipinski definition) is 1. The largest absolute Gasteiger partial charge is 0.422 e. The van der Waals surface area contributed by atoms with E-state index in [0.29, 0.717) is 31.1 Å². The topological polar surface area (TPSA) is 67.8 Å². The Morgan fingerprint density at radius 2 is 1.35 bits per heavy atom. The number of benzene rings is 3. The number of thiophene rings is 2. The van der Waals surface area contributed by atoms with Gasteiger partial charge in [0.1, 0.15) is 15.5 Å². The summed E-state index contributed by atoms with van der Waals surface area (Å²) in [4.78, 5) is 26.1. The van der Waals surface area contributed by atoms with E-state index in [9.17, 15) is 9.59 Å². The Morgan fingerprint density at radius 1 is 0.794 bits per heavy atom. The van der Waals surface area contributed by atoms with E-state index >= 15 is 0 Å². The molecule has 9 heteroatoms. The summed E-state index contributed by atoms with van der Waals surface area (Å²) < 4.78 is 7.42. The van der Waals surface area contributed by atoms with Crippen molar-refractivity contribution >= 4 is 84.1 Å². The van der Waals surface area contributed by atoms with Gasteiger partial charge >= 0.3 is 5.97 Å². The molecular formula is C25H14Cl2N2O3S2. The van der Waals surface area contributed by atoms with Crippen molar-refractivity contribution in [2.45, 2.75) is 0 Å². The third kappa shape index (κ3) is 4.31. The summed E-state index contributed by atoms with van der Waals surface area (Å²) in [6, 6.07) is 21.9. The molecule has 0 spiro atoms. The first-order valence-electron chi connectivity index (χ1n) is 10.0. The number of nitrogens with zero attached hydrogens (tertiary/aromatic N) is 1. The molecule has 0 saturated heterocycles. The summed E-state index contributed by atoms with van der Waals surface area (Å²) in [6.45, 7) is 0. The number of fused-ring (bicyclic) bond motifs is 2. The van der Waals surface area contributed by atoms with E-state index in [4.69, 9.17) is 27.9 Å². The summed E-state index contributed by atoms with van der Waals surface area (Å²) in [5.74, 6) is -0.693. The molecular weight excluding hydrogens is 511 g/mol. The highest BCUT2D eigenvalue weighted by molar-refractivity contribution is 7.22. The van der Waals surface area contributed by atoms with Gasteiger partial charge in [-0.1, -0.05) is 71.7 Å². The molecule has 0 unspecified atom stereocenters. The van der Waals surface area contributed by atoms with Crippen molar-refractivity contribution in [2.24, 2.45) is 5.10 Å². The van der Waals surface area contributed by atoms with Crippen LogP contribution in [-0.2, 0) is 0 Å². The van der Waals surface area contributed by atoms with Crippen LogP contribution in [0, 0.1) is 0 Å². The lowest BCUT2D eigenvalue weighted by Gasteiger charge is -2.06. The molecule has 1 amide bonds. The second-order valence-electron chi connectivity index (χ2n) is 7.11. The molecule has 0 aliphatic carbocycles. The number of amides is 1. The Kier molecular flexibility index (Phi) is 6.34. The molecule has 34 heavy (non-hydrogen) atoms. The molecule has 0 saturated carbocycles. The number of carbonyl (C=O) groups excluding carboxylic acids is 2. The SMILES string of the molecule is O=C(N/N=C/c1ccccc1OC(=O)c1sc2ccccc2c1Cl)c1sc2ccccc2c1Cl. The molecule has 0 bridgehead atoms.